The average Bonchev–Trinajstić information content (AvgIpc) is 2.12. The van der Waals surface area contributed by atoms with E-state index in [2.05, 4.69) is 5.73 Å². The number of carbonyl (C=O) groups is 1. The molecule has 0 heterocycles. The van der Waals surface area contributed by atoms with Crippen LogP contribution < -0.4 is 0 Å². The Morgan fingerprint density at radius 3 is 2.50 bits per heavy atom. The molecule has 0 aromatic carbocycles. The van der Waals surface area contributed by atoms with Gasteiger partial charge in [-0.25, -0.2) is 0 Å². The highest BCUT2D eigenvalue weighted by atomic mass is 16.3. The molecule has 1 fully saturated rings. The van der Waals surface area contributed by atoms with Gasteiger partial charge in [-0.3, -0.25) is 4.79 Å². The van der Waals surface area contributed by atoms with Gasteiger partial charge < -0.3 is 10.2 Å². The van der Waals surface area contributed by atoms with Crippen LogP contribution in [-0.2, 0) is 4.79 Å². The second kappa shape index (κ2) is 5.23. The van der Waals surface area contributed by atoms with Gasteiger partial charge in [-0.1, -0.05) is 13.8 Å². The number of aldehydes is 1. The van der Waals surface area contributed by atoms with Crippen molar-refractivity contribution in [2.45, 2.75) is 52.2 Å². The molecule has 0 aromatic heterocycles. The molecule has 0 unspecified atom stereocenters. The number of aliphatic hydroxyl groups excluding tert-OH is 1. The SMILES string of the molecule is C/C(C=C=C1C(C)(C)C[C@H](O)C[C@@]1(C)O)=C\C=O. The summed E-state index contributed by atoms with van der Waals surface area (Å²) in [5.41, 5.74) is 3.31. The number of allylic oxidation sites excluding steroid dienone is 2. The van der Waals surface area contributed by atoms with Gasteiger partial charge in [0.1, 0.15) is 6.29 Å². The van der Waals surface area contributed by atoms with Crippen molar-refractivity contribution in [1.29, 1.82) is 0 Å². The summed E-state index contributed by atoms with van der Waals surface area (Å²) in [6.45, 7) is 7.48. The third-order valence-electron chi connectivity index (χ3n) is 3.37. The largest absolute Gasteiger partial charge is 0.393 e. The maximum absolute atomic E-state index is 10.4. The first-order chi connectivity index (χ1) is 8.19. The molecule has 0 spiro atoms. The highest BCUT2D eigenvalue weighted by Crippen LogP contribution is 2.45. The van der Waals surface area contributed by atoms with E-state index in [4.69, 9.17) is 0 Å². The summed E-state index contributed by atoms with van der Waals surface area (Å²) in [4.78, 5) is 10.4. The van der Waals surface area contributed by atoms with Crippen molar-refractivity contribution in [1.82, 2.24) is 0 Å². The number of hydrogen-bond donors (Lipinski definition) is 2. The maximum Gasteiger partial charge on any atom is 0.143 e. The number of rotatable bonds is 2. The van der Waals surface area contributed by atoms with Crippen LogP contribution >= 0.6 is 0 Å². The zero-order chi connectivity index (χ0) is 14.0. The number of carbonyl (C=O) groups excluding carboxylic acids is 1. The zero-order valence-corrected chi connectivity index (χ0v) is 11.5. The highest BCUT2D eigenvalue weighted by Gasteiger charge is 2.44. The molecule has 3 heteroatoms. The second-order valence-corrected chi connectivity index (χ2v) is 5.93. The number of hydrogen-bond acceptors (Lipinski definition) is 3. The fourth-order valence-electron chi connectivity index (χ4n) is 2.75. The highest BCUT2D eigenvalue weighted by molar-refractivity contribution is 5.66. The van der Waals surface area contributed by atoms with E-state index in [0.29, 0.717) is 12.8 Å². The molecule has 2 atom stereocenters. The van der Waals surface area contributed by atoms with Gasteiger partial charge in [-0.15, -0.1) is 5.73 Å². The molecule has 0 aliphatic heterocycles. The standard InChI is InChI=1S/C15H22O3/c1-11(7-8-16)5-6-13-14(2,3)9-12(17)10-15(13,4)18/h5,7-8,12,17-18H,9-10H2,1-4H3/b11-7+/t6?,12-,15+/m0/s1. The van der Waals surface area contributed by atoms with Crippen LogP contribution in [0.3, 0.4) is 0 Å². The molecular weight excluding hydrogens is 228 g/mol. The Hall–Kier alpha value is -1.15. The van der Waals surface area contributed by atoms with Crippen molar-refractivity contribution in [3.8, 4) is 0 Å². The predicted octanol–water partition coefficient (Wildman–Crippen LogP) is 2.14. The quantitative estimate of drug-likeness (QED) is 0.342. The van der Waals surface area contributed by atoms with E-state index in [0.717, 1.165) is 17.4 Å². The Bertz CT molecular complexity index is 401. The van der Waals surface area contributed by atoms with Crippen molar-refractivity contribution in [3.63, 3.8) is 0 Å². The van der Waals surface area contributed by atoms with Gasteiger partial charge >= 0.3 is 0 Å². The van der Waals surface area contributed by atoms with Crippen LogP contribution in [0, 0.1) is 5.41 Å². The first-order valence-electron chi connectivity index (χ1n) is 6.19. The Morgan fingerprint density at radius 1 is 1.39 bits per heavy atom. The van der Waals surface area contributed by atoms with Crippen LogP contribution in [0.5, 0.6) is 0 Å². The van der Waals surface area contributed by atoms with Gasteiger partial charge in [0.05, 0.1) is 11.7 Å². The van der Waals surface area contributed by atoms with Gasteiger partial charge in [0.15, 0.2) is 0 Å². The average molecular weight is 250 g/mol. The first-order valence-corrected chi connectivity index (χ1v) is 6.19. The third-order valence-corrected chi connectivity index (χ3v) is 3.37. The fraction of sp³-hybridized carbons (Fsp3) is 0.600. The molecule has 0 amide bonds. The third kappa shape index (κ3) is 3.42. The molecule has 1 saturated carbocycles. The smallest absolute Gasteiger partial charge is 0.143 e. The zero-order valence-electron chi connectivity index (χ0n) is 11.5. The van der Waals surface area contributed by atoms with Gasteiger partial charge in [0, 0.05) is 12.0 Å². The molecule has 100 valence electrons. The fourth-order valence-corrected chi connectivity index (χ4v) is 2.75. The normalized spacial score (nSPS) is 31.8. The minimum atomic E-state index is -1.06. The summed E-state index contributed by atoms with van der Waals surface area (Å²) in [6, 6.07) is 0. The lowest BCUT2D eigenvalue weighted by molar-refractivity contribution is -0.104. The Balaban J connectivity index is 3.21. The topological polar surface area (TPSA) is 57.5 Å². The summed E-state index contributed by atoms with van der Waals surface area (Å²) >= 11 is 0. The summed E-state index contributed by atoms with van der Waals surface area (Å²) in [6.07, 6.45) is 4.32. The van der Waals surface area contributed by atoms with Crippen LogP contribution in [0.2, 0.25) is 0 Å². The summed E-state index contributed by atoms with van der Waals surface area (Å²) < 4.78 is 0. The van der Waals surface area contributed by atoms with Crippen LogP contribution in [0.4, 0.5) is 0 Å². The Labute approximate surface area is 109 Å². The Kier molecular flexibility index (Phi) is 4.33. The minimum Gasteiger partial charge on any atom is -0.393 e. The molecule has 0 saturated heterocycles. The van der Waals surface area contributed by atoms with Crippen LogP contribution in [0.15, 0.2) is 29.0 Å². The number of aliphatic hydroxyl groups is 2. The molecule has 1 aliphatic rings. The maximum atomic E-state index is 10.4. The molecule has 3 nitrogen and oxygen atoms in total. The van der Waals surface area contributed by atoms with Crippen molar-refractivity contribution in [3.05, 3.63) is 29.0 Å². The van der Waals surface area contributed by atoms with Crippen LogP contribution in [0.1, 0.15) is 40.5 Å². The van der Waals surface area contributed by atoms with E-state index < -0.39 is 11.7 Å². The molecule has 1 rings (SSSR count). The molecule has 0 aromatic rings. The van der Waals surface area contributed by atoms with E-state index in [1.807, 2.05) is 13.8 Å². The minimum absolute atomic E-state index is 0.306. The summed E-state index contributed by atoms with van der Waals surface area (Å²) in [5, 5.41) is 20.2. The predicted molar refractivity (Wildman–Crippen MR) is 71.1 cm³/mol. The van der Waals surface area contributed by atoms with Crippen molar-refractivity contribution in [2.24, 2.45) is 5.41 Å². The van der Waals surface area contributed by atoms with Crippen molar-refractivity contribution < 1.29 is 15.0 Å². The van der Waals surface area contributed by atoms with Crippen molar-refractivity contribution >= 4 is 6.29 Å². The lowest BCUT2D eigenvalue weighted by Crippen LogP contribution is -2.45. The summed E-state index contributed by atoms with van der Waals surface area (Å²) in [5.74, 6) is 0. The molecule has 0 radical (unpaired) electrons. The van der Waals surface area contributed by atoms with E-state index in [1.54, 1.807) is 19.9 Å². The molecule has 1 aliphatic carbocycles. The van der Waals surface area contributed by atoms with Gasteiger partial charge in [0.2, 0.25) is 0 Å². The van der Waals surface area contributed by atoms with Gasteiger partial charge in [-0.05, 0) is 43.4 Å². The van der Waals surface area contributed by atoms with E-state index in [-0.39, 0.29) is 5.41 Å². The molecule has 18 heavy (non-hydrogen) atoms. The lowest BCUT2D eigenvalue weighted by Gasteiger charge is -2.43. The Morgan fingerprint density at radius 2 is 2.00 bits per heavy atom. The van der Waals surface area contributed by atoms with Crippen LogP contribution in [0.25, 0.3) is 0 Å². The molecule has 0 bridgehead atoms. The first kappa shape index (κ1) is 14.9. The molecule has 2 N–H and O–H groups in total. The van der Waals surface area contributed by atoms with E-state index in [1.165, 1.54) is 6.08 Å². The van der Waals surface area contributed by atoms with Crippen LogP contribution in [-0.4, -0.2) is 28.2 Å². The second-order valence-electron chi connectivity index (χ2n) is 5.93. The van der Waals surface area contributed by atoms with Gasteiger partial charge in [0.25, 0.3) is 0 Å². The van der Waals surface area contributed by atoms with E-state index >= 15 is 0 Å². The van der Waals surface area contributed by atoms with Gasteiger partial charge in [-0.2, -0.15) is 0 Å². The van der Waals surface area contributed by atoms with Crippen molar-refractivity contribution in [2.75, 3.05) is 0 Å². The lowest BCUT2D eigenvalue weighted by atomic mass is 9.65. The van der Waals surface area contributed by atoms with E-state index in [9.17, 15) is 15.0 Å². The molecular formula is C15H22O3. The summed E-state index contributed by atoms with van der Waals surface area (Å²) in [7, 11) is 0. The monoisotopic (exact) mass is 250 g/mol.